The summed E-state index contributed by atoms with van der Waals surface area (Å²) in [7, 11) is 0. The topological polar surface area (TPSA) is 72.3 Å². The molecule has 1 saturated heterocycles. The van der Waals surface area contributed by atoms with Crippen molar-refractivity contribution in [3.8, 4) is 5.69 Å². The molecule has 1 aromatic carbocycles. The molecule has 1 fully saturated rings. The largest absolute Gasteiger partial charge is 0.379 e. The highest BCUT2D eigenvalue weighted by atomic mass is 19.1. The standard InChI is InChI=1S/C22H26FN5O2/c1-15-13-19(22(29)24-7-4-8-27-9-11-30-12-10-27)20-16(2)26-28(21(20)25-15)18-6-3-5-17(23)14-18/h3,5-6,13-14H,4,7-12H2,1-2H3,(H,24,29). The van der Waals surface area contributed by atoms with Crippen LogP contribution in [0.2, 0.25) is 0 Å². The molecule has 4 rings (SSSR count). The van der Waals surface area contributed by atoms with Crippen LogP contribution < -0.4 is 5.32 Å². The lowest BCUT2D eigenvalue weighted by Crippen LogP contribution is -2.38. The van der Waals surface area contributed by atoms with E-state index in [1.165, 1.54) is 12.1 Å². The summed E-state index contributed by atoms with van der Waals surface area (Å²) in [6.45, 7) is 8.63. The number of nitrogens with zero attached hydrogens (tertiary/aromatic N) is 4. The lowest BCUT2D eigenvalue weighted by molar-refractivity contribution is 0.0374. The first-order valence-electron chi connectivity index (χ1n) is 10.2. The first-order chi connectivity index (χ1) is 14.5. The molecule has 0 bridgehead atoms. The predicted molar refractivity (Wildman–Crippen MR) is 113 cm³/mol. The fraction of sp³-hybridized carbons (Fsp3) is 0.409. The average Bonchev–Trinajstić information content (AvgIpc) is 3.07. The maximum absolute atomic E-state index is 13.7. The van der Waals surface area contributed by atoms with Crippen molar-refractivity contribution < 1.29 is 13.9 Å². The number of aryl methyl sites for hydroxylation is 2. The Morgan fingerprint density at radius 1 is 1.23 bits per heavy atom. The Labute approximate surface area is 174 Å². The van der Waals surface area contributed by atoms with Gasteiger partial charge in [0.2, 0.25) is 0 Å². The summed E-state index contributed by atoms with van der Waals surface area (Å²) in [4.78, 5) is 19.9. The van der Waals surface area contributed by atoms with Crippen molar-refractivity contribution in [1.82, 2.24) is 25.0 Å². The van der Waals surface area contributed by atoms with Gasteiger partial charge in [0.05, 0.1) is 35.5 Å². The number of hydrogen-bond acceptors (Lipinski definition) is 5. The zero-order valence-electron chi connectivity index (χ0n) is 17.3. The van der Waals surface area contributed by atoms with Crippen molar-refractivity contribution in [2.24, 2.45) is 0 Å². The number of nitrogens with one attached hydrogen (secondary N) is 1. The SMILES string of the molecule is Cc1cc(C(=O)NCCCN2CCOCC2)c2c(C)nn(-c3cccc(F)c3)c2n1. The number of halogens is 1. The minimum absolute atomic E-state index is 0.144. The van der Waals surface area contributed by atoms with Crippen molar-refractivity contribution >= 4 is 16.9 Å². The van der Waals surface area contributed by atoms with Crippen molar-refractivity contribution in [1.29, 1.82) is 0 Å². The summed E-state index contributed by atoms with van der Waals surface area (Å²) in [5.41, 5.74) is 3.06. The molecule has 3 aromatic rings. The number of fused-ring (bicyclic) bond motifs is 1. The Kier molecular flexibility index (Phi) is 6.06. The molecule has 0 aliphatic carbocycles. The average molecular weight is 411 g/mol. The molecule has 7 nitrogen and oxygen atoms in total. The zero-order chi connectivity index (χ0) is 21.1. The van der Waals surface area contributed by atoms with Crippen LogP contribution in [0.15, 0.2) is 30.3 Å². The normalized spacial score (nSPS) is 14.9. The van der Waals surface area contributed by atoms with Gasteiger partial charge in [0.15, 0.2) is 5.65 Å². The van der Waals surface area contributed by atoms with Gasteiger partial charge in [-0.1, -0.05) is 6.07 Å². The van der Waals surface area contributed by atoms with Gasteiger partial charge in [-0.2, -0.15) is 5.10 Å². The van der Waals surface area contributed by atoms with E-state index in [1.54, 1.807) is 22.9 Å². The zero-order valence-corrected chi connectivity index (χ0v) is 17.3. The molecule has 3 heterocycles. The number of aromatic nitrogens is 3. The second-order valence-corrected chi connectivity index (χ2v) is 7.55. The summed E-state index contributed by atoms with van der Waals surface area (Å²) in [5, 5.41) is 8.24. The van der Waals surface area contributed by atoms with Gasteiger partial charge in [-0.15, -0.1) is 0 Å². The van der Waals surface area contributed by atoms with Crippen molar-refractivity contribution in [2.45, 2.75) is 20.3 Å². The molecule has 0 atom stereocenters. The second kappa shape index (κ2) is 8.89. The molecule has 1 N–H and O–H groups in total. The lowest BCUT2D eigenvalue weighted by atomic mass is 10.1. The third-order valence-electron chi connectivity index (χ3n) is 5.28. The Morgan fingerprint density at radius 3 is 2.80 bits per heavy atom. The summed E-state index contributed by atoms with van der Waals surface area (Å²) in [6, 6.07) is 7.97. The molecular weight excluding hydrogens is 385 g/mol. The van der Waals surface area contributed by atoms with Gasteiger partial charge in [0.1, 0.15) is 5.82 Å². The van der Waals surface area contributed by atoms with Crippen LogP contribution in [0.5, 0.6) is 0 Å². The van der Waals surface area contributed by atoms with E-state index < -0.39 is 0 Å². The first kappa shape index (κ1) is 20.4. The van der Waals surface area contributed by atoms with Crippen LogP contribution in [0.3, 0.4) is 0 Å². The van der Waals surface area contributed by atoms with Gasteiger partial charge in [-0.05, 0) is 51.1 Å². The number of ether oxygens (including phenoxy) is 1. The van der Waals surface area contributed by atoms with Crippen LogP contribution in [0.1, 0.15) is 28.2 Å². The van der Waals surface area contributed by atoms with E-state index in [4.69, 9.17) is 4.74 Å². The van der Waals surface area contributed by atoms with Gasteiger partial charge in [-0.25, -0.2) is 14.1 Å². The fourth-order valence-electron chi connectivity index (χ4n) is 3.81. The highest BCUT2D eigenvalue weighted by Gasteiger charge is 2.19. The molecular formula is C22H26FN5O2. The van der Waals surface area contributed by atoms with Gasteiger partial charge in [0, 0.05) is 25.3 Å². The van der Waals surface area contributed by atoms with Crippen LogP contribution in [0.4, 0.5) is 4.39 Å². The molecule has 30 heavy (non-hydrogen) atoms. The van der Waals surface area contributed by atoms with Crippen LogP contribution in [0.25, 0.3) is 16.7 Å². The molecule has 8 heteroatoms. The molecule has 0 spiro atoms. The Morgan fingerprint density at radius 2 is 2.03 bits per heavy atom. The third-order valence-corrected chi connectivity index (χ3v) is 5.28. The van der Waals surface area contributed by atoms with Crippen molar-refractivity contribution in [3.63, 3.8) is 0 Å². The van der Waals surface area contributed by atoms with E-state index in [2.05, 4.69) is 20.3 Å². The van der Waals surface area contributed by atoms with Crippen LogP contribution >= 0.6 is 0 Å². The monoisotopic (exact) mass is 411 g/mol. The highest BCUT2D eigenvalue weighted by Crippen LogP contribution is 2.25. The van der Waals surface area contributed by atoms with Gasteiger partial charge in [-0.3, -0.25) is 9.69 Å². The predicted octanol–water partition coefficient (Wildman–Crippen LogP) is 2.63. The summed E-state index contributed by atoms with van der Waals surface area (Å²) >= 11 is 0. The Bertz CT molecular complexity index is 1060. The fourth-order valence-corrected chi connectivity index (χ4v) is 3.81. The van der Waals surface area contributed by atoms with Crippen LogP contribution in [-0.2, 0) is 4.74 Å². The molecule has 2 aromatic heterocycles. The molecule has 158 valence electrons. The highest BCUT2D eigenvalue weighted by molar-refractivity contribution is 6.06. The van der Waals surface area contributed by atoms with Crippen molar-refractivity contribution in [2.75, 3.05) is 39.4 Å². The molecule has 1 aliphatic rings. The van der Waals surface area contributed by atoms with Gasteiger partial charge < -0.3 is 10.1 Å². The van der Waals surface area contributed by atoms with Gasteiger partial charge >= 0.3 is 0 Å². The number of rotatable bonds is 6. The molecule has 1 amide bonds. The lowest BCUT2D eigenvalue weighted by Gasteiger charge is -2.26. The van der Waals surface area contributed by atoms with E-state index in [0.717, 1.165) is 39.3 Å². The number of hydrogen-bond donors (Lipinski definition) is 1. The summed E-state index contributed by atoms with van der Waals surface area (Å²) < 4.78 is 20.7. The summed E-state index contributed by atoms with van der Waals surface area (Å²) in [6.07, 6.45) is 0.875. The van der Waals surface area contributed by atoms with E-state index >= 15 is 0 Å². The van der Waals surface area contributed by atoms with Crippen LogP contribution in [0, 0.1) is 19.7 Å². The smallest absolute Gasteiger partial charge is 0.252 e. The van der Waals surface area contributed by atoms with E-state index in [0.29, 0.717) is 40.2 Å². The number of morpholine rings is 1. The van der Waals surface area contributed by atoms with Crippen molar-refractivity contribution in [3.05, 3.63) is 53.1 Å². The Hall–Kier alpha value is -2.84. The minimum atomic E-state index is -0.348. The maximum atomic E-state index is 13.7. The summed E-state index contributed by atoms with van der Waals surface area (Å²) in [5.74, 6) is -0.492. The minimum Gasteiger partial charge on any atom is -0.379 e. The molecule has 0 unspecified atom stereocenters. The Balaban J connectivity index is 1.54. The first-order valence-corrected chi connectivity index (χ1v) is 10.2. The number of benzene rings is 1. The van der Waals surface area contributed by atoms with Gasteiger partial charge in [0.25, 0.3) is 5.91 Å². The molecule has 0 saturated carbocycles. The van der Waals surface area contributed by atoms with E-state index in [-0.39, 0.29) is 11.7 Å². The number of carbonyl (C=O) groups excluding carboxylic acids is 1. The third kappa shape index (κ3) is 4.34. The second-order valence-electron chi connectivity index (χ2n) is 7.55. The number of pyridine rings is 1. The molecule has 1 aliphatic heterocycles. The van der Waals surface area contributed by atoms with Crippen LogP contribution in [-0.4, -0.2) is 65.0 Å². The number of carbonyl (C=O) groups is 1. The van der Waals surface area contributed by atoms with E-state index in [1.807, 2.05) is 13.8 Å². The van der Waals surface area contributed by atoms with E-state index in [9.17, 15) is 9.18 Å². The molecule has 0 radical (unpaired) electrons. The number of amides is 1. The maximum Gasteiger partial charge on any atom is 0.252 e. The quantitative estimate of drug-likeness (QED) is 0.632.